The fourth-order valence-corrected chi connectivity index (χ4v) is 3.39. The summed E-state index contributed by atoms with van der Waals surface area (Å²) in [6.45, 7) is 4.09. The smallest absolute Gasteiger partial charge is 0.0959 e. The fraction of sp³-hybridized carbons (Fsp3) is 0.471. The van der Waals surface area contributed by atoms with E-state index in [4.69, 9.17) is 0 Å². The second kappa shape index (κ2) is 7.69. The number of nitrogens with zero attached hydrogens (tertiary/aromatic N) is 1. The molecular formula is C17H23NO2S. The minimum atomic E-state index is -0.746. The van der Waals surface area contributed by atoms with Gasteiger partial charge in [0.05, 0.1) is 22.9 Å². The monoisotopic (exact) mass is 305 g/mol. The summed E-state index contributed by atoms with van der Waals surface area (Å²) in [6, 6.07) is 10.00. The van der Waals surface area contributed by atoms with Crippen molar-refractivity contribution in [2.24, 2.45) is 5.92 Å². The second-order valence-corrected chi connectivity index (χ2v) is 6.27. The molecule has 2 atom stereocenters. The zero-order chi connectivity index (χ0) is 15.2. The highest BCUT2D eigenvalue weighted by atomic mass is 32.1. The van der Waals surface area contributed by atoms with Gasteiger partial charge in [-0.05, 0) is 5.92 Å². The van der Waals surface area contributed by atoms with Crippen molar-refractivity contribution in [3.05, 3.63) is 40.7 Å². The molecule has 0 aliphatic rings. The third kappa shape index (κ3) is 4.13. The van der Waals surface area contributed by atoms with E-state index < -0.39 is 12.2 Å². The molecule has 2 N–H and O–H groups in total. The Balaban J connectivity index is 2.02. The maximum absolute atomic E-state index is 10.2. The van der Waals surface area contributed by atoms with Crippen molar-refractivity contribution in [2.45, 2.75) is 45.3 Å². The number of aliphatic hydroxyl groups excluding tert-OH is 2. The van der Waals surface area contributed by atoms with Crippen LogP contribution in [0.3, 0.4) is 0 Å². The molecule has 0 amide bonds. The van der Waals surface area contributed by atoms with E-state index in [1.54, 1.807) is 0 Å². The van der Waals surface area contributed by atoms with Gasteiger partial charge in [0.15, 0.2) is 0 Å². The average Bonchev–Trinajstić information content (AvgIpc) is 2.97. The van der Waals surface area contributed by atoms with Gasteiger partial charge in [0, 0.05) is 17.4 Å². The van der Waals surface area contributed by atoms with Crippen LogP contribution in [-0.2, 0) is 6.42 Å². The lowest BCUT2D eigenvalue weighted by molar-refractivity contribution is -0.0187. The van der Waals surface area contributed by atoms with Gasteiger partial charge in [-0.3, -0.25) is 0 Å². The highest BCUT2D eigenvalue weighted by molar-refractivity contribution is 7.09. The van der Waals surface area contributed by atoms with Crippen molar-refractivity contribution in [3.63, 3.8) is 0 Å². The molecule has 3 nitrogen and oxygen atoms in total. The highest BCUT2D eigenvalue weighted by Gasteiger charge is 2.24. The van der Waals surface area contributed by atoms with Gasteiger partial charge in [0.1, 0.15) is 0 Å². The van der Waals surface area contributed by atoms with E-state index in [-0.39, 0.29) is 5.92 Å². The molecule has 0 aliphatic carbocycles. The van der Waals surface area contributed by atoms with Gasteiger partial charge in [-0.25, -0.2) is 4.98 Å². The summed E-state index contributed by atoms with van der Waals surface area (Å²) in [5.74, 6) is 0.147. The normalized spacial score (nSPS) is 14.3. The molecule has 21 heavy (non-hydrogen) atoms. The Morgan fingerprint density at radius 3 is 2.38 bits per heavy atom. The molecule has 0 aliphatic heterocycles. The van der Waals surface area contributed by atoms with Gasteiger partial charge in [-0.15, -0.1) is 11.3 Å². The fourth-order valence-electron chi connectivity index (χ4n) is 2.53. The second-order valence-electron chi connectivity index (χ2n) is 5.33. The minimum absolute atomic E-state index is 0.147. The number of rotatable bonds is 7. The maximum atomic E-state index is 10.2. The van der Waals surface area contributed by atoms with Crippen LogP contribution in [0.2, 0.25) is 0 Å². The number of thiazole rings is 1. The molecule has 0 radical (unpaired) electrons. The number of hydrogen-bond acceptors (Lipinski definition) is 4. The standard InChI is InChI=1S/C17H23NO2S/c1-3-12(4-2)17(20)15(19)10-16-18-14(11-21-16)13-8-6-5-7-9-13/h5-9,11-12,15,17,19-20H,3-4,10H2,1-2H3. The first kappa shape index (κ1) is 16.1. The first-order chi connectivity index (χ1) is 10.2. The Kier molecular flexibility index (Phi) is 5.91. The summed E-state index contributed by atoms with van der Waals surface area (Å²) in [6.07, 6.45) is 0.743. The van der Waals surface area contributed by atoms with Gasteiger partial charge in [0.2, 0.25) is 0 Å². The van der Waals surface area contributed by atoms with Crippen LogP contribution in [0.4, 0.5) is 0 Å². The molecule has 0 bridgehead atoms. The predicted octanol–water partition coefficient (Wildman–Crippen LogP) is 3.51. The van der Waals surface area contributed by atoms with E-state index in [1.807, 2.05) is 49.6 Å². The minimum Gasteiger partial charge on any atom is -0.390 e. The Morgan fingerprint density at radius 1 is 1.10 bits per heavy atom. The van der Waals surface area contributed by atoms with Crippen LogP contribution in [0.1, 0.15) is 31.7 Å². The maximum Gasteiger partial charge on any atom is 0.0959 e. The average molecular weight is 305 g/mol. The van der Waals surface area contributed by atoms with Crippen LogP contribution in [-0.4, -0.2) is 27.4 Å². The van der Waals surface area contributed by atoms with Gasteiger partial charge >= 0.3 is 0 Å². The summed E-state index contributed by atoms with van der Waals surface area (Å²) in [4.78, 5) is 4.56. The van der Waals surface area contributed by atoms with Crippen molar-refractivity contribution in [3.8, 4) is 11.3 Å². The third-order valence-corrected chi connectivity index (χ3v) is 4.80. The van der Waals surface area contributed by atoms with E-state index in [1.165, 1.54) is 11.3 Å². The Morgan fingerprint density at radius 2 is 1.76 bits per heavy atom. The summed E-state index contributed by atoms with van der Waals surface area (Å²) >= 11 is 1.53. The van der Waals surface area contributed by atoms with Crippen molar-refractivity contribution in [1.82, 2.24) is 4.98 Å². The molecule has 1 heterocycles. The quantitative estimate of drug-likeness (QED) is 0.823. The van der Waals surface area contributed by atoms with E-state index in [9.17, 15) is 10.2 Å². The molecule has 4 heteroatoms. The molecule has 0 saturated carbocycles. The van der Waals surface area contributed by atoms with Crippen LogP contribution >= 0.6 is 11.3 Å². The number of benzene rings is 1. The zero-order valence-electron chi connectivity index (χ0n) is 12.6. The molecule has 2 rings (SSSR count). The summed E-state index contributed by atoms with van der Waals surface area (Å²) < 4.78 is 0. The lowest BCUT2D eigenvalue weighted by Gasteiger charge is -2.24. The molecule has 0 spiro atoms. The molecule has 114 valence electrons. The highest BCUT2D eigenvalue weighted by Crippen LogP contribution is 2.24. The van der Waals surface area contributed by atoms with Crippen molar-refractivity contribution in [1.29, 1.82) is 0 Å². The van der Waals surface area contributed by atoms with Crippen molar-refractivity contribution in [2.75, 3.05) is 0 Å². The predicted molar refractivity (Wildman–Crippen MR) is 87.3 cm³/mol. The largest absolute Gasteiger partial charge is 0.390 e. The lowest BCUT2D eigenvalue weighted by atomic mass is 9.92. The Hall–Kier alpha value is -1.23. The summed E-state index contributed by atoms with van der Waals surface area (Å²) in [5.41, 5.74) is 2.01. The molecule has 1 aromatic heterocycles. The summed E-state index contributed by atoms with van der Waals surface area (Å²) in [5, 5.41) is 23.3. The van der Waals surface area contributed by atoms with Crippen LogP contribution in [0.15, 0.2) is 35.7 Å². The SMILES string of the molecule is CCC(CC)C(O)C(O)Cc1nc(-c2ccccc2)cs1. The third-order valence-electron chi connectivity index (χ3n) is 3.93. The topological polar surface area (TPSA) is 53.4 Å². The van der Waals surface area contributed by atoms with Gasteiger partial charge in [-0.2, -0.15) is 0 Å². The molecule has 2 unspecified atom stereocenters. The van der Waals surface area contributed by atoms with Crippen molar-refractivity contribution < 1.29 is 10.2 Å². The lowest BCUT2D eigenvalue weighted by Crippen LogP contribution is -2.34. The number of hydrogen-bond donors (Lipinski definition) is 2. The Labute approximate surface area is 130 Å². The molecule has 0 saturated heterocycles. The van der Waals surface area contributed by atoms with E-state index in [0.29, 0.717) is 6.42 Å². The van der Waals surface area contributed by atoms with E-state index in [2.05, 4.69) is 4.98 Å². The molecule has 0 fully saturated rings. The van der Waals surface area contributed by atoms with Crippen LogP contribution < -0.4 is 0 Å². The first-order valence-electron chi connectivity index (χ1n) is 7.51. The van der Waals surface area contributed by atoms with E-state index in [0.717, 1.165) is 29.1 Å². The van der Waals surface area contributed by atoms with Gasteiger partial charge in [0.25, 0.3) is 0 Å². The summed E-state index contributed by atoms with van der Waals surface area (Å²) in [7, 11) is 0. The number of aromatic nitrogens is 1. The number of aliphatic hydroxyl groups is 2. The molecule has 2 aromatic rings. The zero-order valence-corrected chi connectivity index (χ0v) is 13.4. The van der Waals surface area contributed by atoms with E-state index >= 15 is 0 Å². The van der Waals surface area contributed by atoms with Crippen LogP contribution in [0.25, 0.3) is 11.3 Å². The van der Waals surface area contributed by atoms with Gasteiger partial charge in [-0.1, -0.05) is 57.0 Å². The first-order valence-corrected chi connectivity index (χ1v) is 8.39. The van der Waals surface area contributed by atoms with Crippen LogP contribution in [0.5, 0.6) is 0 Å². The van der Waals surface area contributed by atoms with Gasteiger partial charge < -0.3 is 10.2 Å². The molecular weight excluding hydrogens is 282 g/mol. The Bertz CT molecular complexity index is 537. The van der Waals surface area contributed by atoms with Crippen molar-refractivity contribution >= 4 is 11.3 Å². The molecule has 1 aromatic carbocycles. The van der Waals surface area contributed by atoms with Crippen LogP contribution in [0, 0.1) is 5.92 Å².